The Balaban J connectivity index is 3.10. The molecule has 0 spiro atoms. The fourth-order valence-electron chi connectivity index (χ4n) is 0.662. The lowest BCUT2D eigenvalue weighted by Crippen LogP contribution is -2.00. The molecule has 0 saturated heterocycles. The van der Waals surface area contributed by atoms with Crippen molar-refractivity contribution in [1.29, 1.82) is 0 Å². The molecule has 0 aromatic heterocycles. The number of hydrogen-bond acceptors (Lipinski definition) is 1. The Morgan fingerprint density at radius 1 is 1.50 bits per heavy atom. The first-order valence-corrected chi connectivity index (χ1v) is 3.65. The smallest absolute Gasteiger partial charge is 0.00192 e. The van der Waals surface area contributed by atoms with Crippen LogP contribution < -0.4 is 0 Å². The minimum absolute atomic E-state index is 0.509. The standard InChI is InChI=1S/C7H15S/c1-4-7(8)5-6(2)3/h6-8H,1,4-5H2,2-3H3. The number of hydrogen-bond donors (Lipinski definition) is 1. The first kappa shape index (κ1) is 8.35. The summed E-state index contributed by atoms with van der Waals surface area (Å²) in [6.45, 7) is 8.18. The summed E-state index contributed by atoms with van der Waals surface area (Å²) in [5.41, 5.74) is 0. The average molecular weight is 131 g/mol. The summed E-state index contributed by atoms with van der Waals surface area (Å²) in [6.07, 6.45) is 2.13. The Morgan fingerprint density at radius 2 is 2.00 bits per heavy atom. The largest absolute Gasteiger partial charge is 0.176 e. The Labute approximate surface area is 58.1 Å². The van der Waals surface area contributed by atoms with Crippen LogP contribution in [0.4, 0.5) is 0 Å². The van der Waals surface area contributed by atoms with E-state index in [1.807, 2.05) is 0 Å². The lowest BCUT2D eigenvalue weighted by atomic mass is 10.1. The van der Waals surface area contributed by atoms with Gasteiger partial charge in [0.25, 0.3) is 0 Å². The topological polar surface area (TPSA) is 0 Å². The maximum atomic E-state index is 4.31. The predicted molar refractivity (Wildman–Crippen MR) is 42.2 cm³/mol. The molecule has 0 amide bonds. The van der Waals surface area contributed by atoms with Gasteiger partial charge >= 0.3 is 0 Å². The molecule has 0 aliphatic heterocycles. The van der Waals surface area contributed by atoms with Gasteiger partial charge < -0.3 is 0 Å². The lowest BCUT2D eigenvalue weighted by Gasteiger charge is -2.08. The van der Waals surface area contributed by atoms with Gasteiger partial charge in [0.15, 0.2) is 0 Å². The van der Waals surface area contributed by atoms with Gasteiger partial charge in [-0.25, -0.2) is 0 Å². The molecule has 49 valence electrons. The molecule has 0 aromatic carbocycles. The molecular weight excluding hydrogens is 116 g/mol. The highest BCUT2D eigenvalue weighted by atomic mass is 32.1. The molecule has 8 heavy (non-hydrogen) atoms. The van der Waals surface area contributed by atoms with Crippen LogP contribution in [0.3, 0.4) is 0 Å². The number of rotatable bonds is 3. The molecule has 0 saturated carbocycles. The van der Waals surface area contributed by atoms with Gasteiger partial charge in [-0.1, -0.05) is 20.8 Å². The third kappa shape index (κ3) is 4.51. The van der Waals surface area contributed by atoms with Gasteiger partial charge in [0, 0.05) is 5.25 Å². The number of thiol groups is 1. The van der Waals surface area contributed by atoms with Crippen LogP contribution in [0.25, 0.3) is 0 Å². The van der Waals surface area contributed by atoms with Crippen LogP contribution in [0.1, 0.15) is 26.7 Å². The van der Waals surface area contributed by atoms with E-state index in [-0.39, 0.29) is 0 Å². The Bertz CT molecular complexity index is 50.3. The second-order valence-electron chi connectivity index (χ2n) is 2.57. The van der Waals surface area contributed by atoms with E-state index in [4.69, 9.17) is 0 Å². The van der Waals surface area contributed by atoms with Crippen molar-refractivity contribution in [2.75, 3.05) is 0 Å². The van der Waals surface area contributed by atoms with Crippen LogP contribution in [0.15, 0.2) is 0 Å². The SMILES string of the molecule is [CH2]CC(S)CC(C)C. The summed E-state index contributed by atoms with van der Waals surface area (Å²) in [4.78, 5) is 0. The fourth-order valence-corrected chi connectivity index (χ4v) is 1.08. The van der Waals surface area contributed by atoms with Crippen LogP contribution in [0.5, 0.6) is 0 Å². The van der Waals surface area contributed by atoms with Crippen molar-refractivity contribution in [3.63, 3.8) is 0 Å². The van der Waals surface area contributed by atoms with Crippen molar-refractivity contribution in [3.8, 4) is 0 Å². The van der Waals surface area contributed by atoms with E-state index in [9.17, 15) is 0 Å². The minimum atomic E-state index is 0.509. The minimum Gasteiger partial charge on any atom is -0.176 e. The Kier molecular flexibility index (Phi) is 4.44. The Hall–Kier alpha value is 0.350. The van der Waals surface area contributed by atoms with Crippen LogP contribution in [-0.4, -0.2) is 5.25 Å². The molecule has 1 unspecified atom stereocenters. The molecule has 1 atom stereocenters. The van der Waals surface area contributed by atoms with E-state index in [1.165, 1.54) is 6.42 Å². The van der Waals surface area contributed by atoms with Crippen molar-refractivity contribution in [2.24, 2.45) is 5.92 Å². The maximum absolute atomic E-state index is 4.31. The van der Waals surface area contributed by atoms with E-state index in [2.05, 4.69) is 33.4 Å². The zero-order chi connectivity index (χ0) is 6.57. The summed E-state index contributed by atoms with van der Waals surface area (Å²) in [5, 5.41) is 0.509. The zero-order valence-corrected chi connectivity index (χ0v) is 6.62. The van der Waals surface area contributed by atoms with Gasteiger partial charge in [-0.05, 0) is 18.8 Å². The van der Waals surface area contributed by atoms with Gasteiger partial charge in [0.1, 0.15) is 0 Å². The summed E-state index contributed by atoms with van der Waals surface area (Å²) in [7, 11) is 0. The van der Waals surface area contributed by atoms with Crippen molar-refractivity contribution in [3.05, 3.63) is 6.92 Å². The highest BCUT2D eigenvalue weighted by Crippen LogP contribution is 2.11. The van der Waals surface area contributed by atoms with Crippen LogP contribution in [-0.2, 0) is 0 Å². The van der Waals surface area contributed by atoms with Crippen molar-refractivity contribution in [2.45, 2.75) is 31.9 Å². The predicted octanol–water partition coefficient (Wildman–Crippen LogP) is 2.56. The lowest BCUT2D eigenvalue weighted by molar-refractivity contribution is 0.571. The highest BCUT2D eigenvalue weighted by molar-refractivity contribution is 7.80. The van der Waals surface area contributed by atoms with Crippen molar-refractivity contribution >= 4 is 12.6 Å². The Morgan fingerprint density at radius 3 is 2.12 bits per heavy atom. The third-order valence-electron chi connectivity index (χ3n) is 1.08. The summed E-state index contributed by atoms with van der Waals surface area (Å²) >= 11 is 4.31. The molecule has 0 bridgehead atoms. The van der Waals surface area contributed by atoms with Gasteiger partial charge in [0.05, 0.1) is 0 Å². The van der Waals surface area contributed by atoms with Crippen LogP contribution in [0, 0.1) is 12.8 Å². The average Bonchev–Trinajstić information content (AvgIpc) is 1.65. The van der Waals surface area contributed by atoms with Crippen molar-refractivity contribution in [1.82, 2.24) is 0 Å². The summed E-state index contributed by atoms with van der Waals surface area (Å²) < 4.78 is 0. The monoisotopic (exact) mass is 131 g/mol. The molecule has 1 radical (unpaired) electrons. The molecule has 0 heterocycles. The molecule has 0 N–H and O–H groups in total. The molecule has 0 nitrogen and oxygen atoms in total. The molecular formula is C7H15S. The van der Waals surface area contributed by atoms with E-state index >= 15 is 0 Å². The maximum Gasteiger partial charge on any atom is 0.00192 e. The van der Waals surface area contributed by atoms with Crippen LogP contribution in [0.2, 0.25) is 0 Å². The summed E-state index contributed by atoms with van der Waals surface area (Å²) in [6, 6.07) is 0. The second kappa shape index (κ2) is 4.25. The van der Waals surface area contributed by atoms with Gasteiger partial charge in [0.2, 0.25) is 0 Å². The first-order valence-electron chi connectivity index (χ1n) is 3.14. The van der Waals surface area contributed by atoms with Gasteiger partial charge in [-0.2, -0.15) is 12.6 Å². The second-order valence-corrected chi connectivity index (χ2v) is 3.30. The van der Waals surface area contributed by atoms with Crippen LogP contribution >= 0.6 is 12.6 Å². The van der Waals surface area contributed by atoms with Gasteiger partial charge in [-0.15, -0.1) is 0 Å². The molecule has 1 heteroatoms. The molecule has 0 aromatic rings. The van der Waals surface area contributed by atoms with Crippen molar-refractivity contribution < 1.29 is 0 Å². The zero-order valence-electron chi connectivity index (χ0n) is 5.72. The van der Waals surface area contributed by atoms with E-state index in [0.29, 0.717) is 5.25 Å². The molecule has 0 aliphatic rings. The third-order valence-corrected chi connectivity index (χ3v) is 1.55. The normalized spacial score (nSPS) is 14.6. The molecule has 0 rings (SSSR count). The van der Waals surface area contributed by atoms with E-state index in [1.54, 1.807) is 0 Å². The molecule has 0 aliphatic carbocycles. The quantitative estimate of drug-likeness (QED) is 0.559. The van der Waals surface area contributed by atoms with E-state index in [0.717, 1.165) is 12.3 Å². The summed E-state index contributed by atoms with van der Waals surface area (Å²) in [5.74, 6) is 0.763. The van der Waals surface area contributed by atoms with E-state index < -0.39 is 0 Å². The van der Waals surface area contributed by atoms with Gasteiger partial charge in [-0.3, -0.25) is 0 Å². The first-order chi connectivity index (χ1) is 3.66. The highest BCUT2D eigenvalue weighted by Gasteiger charge is 2.01. The fraction of sp³-hybridized carbons (Fsp3) is 0.857. The molecule has 0 fully saturated rings.